The second-order valence-electron chi connectivity index (χ2n) is 3.69. The number of benzene rings is 1. The fraction of sp³-hybridized carbons (Fsp3) is 0.333. The summed E-state index contributed by atoms with van der Waals surface area (Å²) in [5.74, 6) is -0.736. The van der Waals surface area contributed by atoms with Gasteiger partial charge in [-0.2, -0.15) is 0 Å². The van der Waals surface area contributed by atoms with E-state index in [1.165, 1.54) is 7.11 Å². The molecule has 1 atom stereocenters. The van der Waals surface area contributed by atoms with E-state index >= 15 is 0 Å². The van der Waals surface area contributed by atoms with Crippen molar-refractivity contribution in [2.75, 3.05) is 12.8 Å². The van der Waals surface area contributed by atoms with E-state index in [-0.39, 0.29) is 12.3 Å². The second kappa shape index (κ2) is 5.89. The number of rotatable bonds is 4. The highest BCUT2D eigenvalue weighted by atomic mass is 16.5. The van der Waals surface area contributed by atoms with Gasteiger partial charge >= 0.3 is 5.97 Å². The molecular weight excluding hydrogens is 220 g/mol. The van der Waals surface area contributed by atoms with E-state index in [9.17, 15) is 9.59 Å². The summed E-state index contributed by atoms with van der Waals surface area (Å²) in [6.07, 6.45) is 0.147. The minimum absolute atomic E-state index is 0.147. The second-order valence-corrected chi connectivity index (χ2v) is 3.69. The van der Waals surface area contributed by atoms with Crippen molar-refractivity contribution in [3.8, 4) is 0 Å². The van der Waals surface area contributed by atoms with Gasteiger partial charge in [0.25, 0.3) is 0 Å². The Labute approximate surface area is 99.9 Å². The Morgan fingerprint density at radius 1 is 1.41 bits per heavy atom. The predicted octanol–water partition coefficient (Wildman–Crippen LogP) is 0.489. The van der Waals surface area contributed by atoms with Crippen LogP contribution in [0.15, 0.2) is 24.3 Å². The molecule has 0 aliphatic rings. The third-order valence-electron chi connectivity index (χ3n) is 2.34. The zero-order chi connectivity index (χ0) is 12.8. The Morgan fingerprint density at radius 3 is 2.65 bits per heavy atom. The van der Waals surface area contributed by atoms with Crippen LogP contribution in [0.5, 0.6) is 0 Å². The number of nitrogen functional groups attached to an aromatic ring is 1. The maximum Gasteiger partial charge on any atom is 0.328 e. The van der Waals surface area contributed by atoms with Crippen LogP contribution in [0.2, 0.25) is 0 Å². The molecule has 1 aromatic rings. The number of nitrogens with two attached hydrogens (primary N) is 1. The van der Waals surface area contributed by atoms with E-state index in [1.54, 1.807) is 25.1 Å². The first kappa shape index (κ1) is 13.0. The molecule has 0 aromatic heterocycles. The van der Waals surface area contributed by atoms with Crippen LogP contribution in [0.4, 0.5) is 5.69 Å². The van der Waals surface area contributed by atoms with Gasteiger partial charge < -0.3 is 15.8 Å². The molecule has 1 aromatic carbocycles. The van der Waals surface area contributed by atoms with Crippen molar-refractivity contribution in [2.45, 2.75) is 19.4 Å². The molecular formula is C12H16N2O3. The number of ether oxygens (including phenoxy) is 1. The minimum atomic E-state index is -0.655. The van der Waals surface area contributed by atoms with Crippen LogP contribution in [0.3, 0.4) is 0 Å². The fourth-order valence-corrected chi connectivity index (χ4v) is 1.40. The molecule has 0 radical (unpaired) electrons. The lowest BCUT2D eigenvalue weighted by atomic mass is 10.1. The van der Waals surface area contributed by atoms with Gasteiger partial charge in [-0.15, -0.1) is 0 Å². The maximum absolute atomic E-state index is 11.6. The van der Waals surface area contributed by atoms with Crippen LogP contribution < -0.4 is 11.1 Å². The molecule has 1 unspecified atom stereocenters. The van der Waals surface area contributed by atoms with Crippen molar-refractivity contribution >= 4 is 17.6 Å². The Hall–Kier alpha value is -2.04. The minimum Gasteiger partial charge on any atom is -0.467 e. The van der Waals surface area contributed by atoms with E-state index in [0.29, 0.717) is 5.69 Å². The molecule has 0 fully saturated rings. The summed E-state index contributed by atoms with van der Waals surface area (Å²) in [6.45, 7) is 1.57. The number of nitrogens with one attached hydrogen (secondary N) is 1. The molecule has 0 heterocycles. The molecule has 5 nitrogen and oxygen atoms in total. The van der Waals surface area contributed by atoms with Crippen molar-refractivity contribution in [1.82, 2.24) is 5.32 Å². The maximum atomic E-state index is 11.6. The van der Waals surface area contributed by atoms with Crippen LogP contribution in [0, 0.1) is 0 Å². The Kier molecular flexibility index (Phi) is 4.51. The molecule has 1 rings (SSSR count). The summed E-state index contributed by atoms with van der Waals surface area (Å²) < 4.78 is 4.51. The van der Waals surface area contributed by atoms with Gasteiger partial charge in [0.15, 0.2) is 0 Å². The van der Waals surface area contributed by atoms with Gasteiger partial charge in [-0.3, -0.25) is 4.79 Å². The zero-order valence-electron chi connectivity index (χ0n) is 9.90. The molecule has 5 heteroatoms. The SMILES string of the molecule is COC(=O)C(C)NC(=O)Cc1ccccc1N. The molecule has 17 heavy (non-hydrogen) atoms. The number of carbonyl (C=O) groups is 2. The number of para-hydroxylation sites is 1. The summed E-state index contributed by atoms with van der Waals surface area (Å²) in [6, 6.07) is 6.46. The first-order chi connectivity index (χ1) is 8.04. The van der Waals surface area contributed by atoms with Gasteiger partial charge in [-0.1, -0.05) is 18.2 Å². The summed E-state index contributed by atoms with van der Waals surface area (Å²) in [5.41, 5.74) is 7.02. The average Bonchev–Trinajstić information content (AvgIpc) is 2.31. The molecule has 0 bridgehead atoms. The van der Waals surface area contributed by atoms with Crippen molar-refractivity contribution in [3.63, 3.8) is 0 Å². The predicted molar refractivity (Wildman–Crippen MR) is 64.2 cm³/mol. The van der Waals surface area contributed by atoms with E-state index in [1.807, 2.05) is 6.07 Å². The van der Waals surface area contributed by atoms with Gasteiger partial charge in [-0.05, 0) is 18.6 Å². The first-order valence-electron chi connectivity index (χ1n) is 5.25. The molecule has 0 saturated heterocycles. The Bertz CT molecular complexity index is 418. The summed E-state index contributed by atoms with van der Waals surface area (Å²) in [7, 11) is 1.28. The molecule has 3 N–H and O–H groups in total. The molecule has 92 valence electrons. The van der Waals surface area contributed by atoms with Crippen molar-refractivity contribution in [1.29, 1.82) is 0 Å². The van der Waals surface area contributed by atoms with Crippen LogP contribution in [0.25, 0.3) is 0 Å². The smallest absolute Gasteiger partial charge is 0.328 e. The average molecular weight is 236 g/mol. The zero-order valence-corrected chi connectivity index (χ0v) is 9.90. The van der Waals surface area contributed by atoms with E-state index < -0.39 is 12.0 Å². The summed E-state index contributed by atoms with van der Waals surface area (Å²) >= 11 is 0. The Morgan fingerprint density at radius 2 is 2.06 bits per heavy atom. The topological polar surface area (TPSA) is 81.4 Å². The molecule has 0 aliphatic heterocycles. The van der Waals surface area contributed by atoms with Gasteiger partial charge in [0.2, 0.25) is 5.91 Å². The first-order valence-corrected chi connectivity index (χ1v) is 5.25. The van der Waals surface area contributed by atoms with Gasteiger partial charge in [0.05, 0.1) is 13.5 Å². The largest absolute Gasteiger partial charge is 0.467 e. The third kappa shape index (κ3) is 3.79. The highest BCUT2D eigenvalue weighted by Crippen LogP contribution is 2.10. The number of hydrogen-bond acceptors (Lipinski definition) is 4. The van der Waals surface area contributed by atoms with Gasteiger partial charge in [0.1, 0.15) is 6.04 Å². The summed E-state index contributed by atoms with van der Waals surface area (Å²) in [4.78, 5) is 22.7. The number of hydrogen-bond donors (Lipinski definition) is 2. The normalized spacial score (nSPS) is 11.6. The number of anilines is 1. The van der Waals surface area contributed by atoms with Crippen molar-refractivity contribution in [3.05, 3.63) is 29.8 Å². The van der Waals surface area contributed by atoms with E-state index in [4.69, 9.17) is 5.73 Å². The quantitative estimate of drug-likeness (QED) is 0.589. The van der Waals surface area contributed by atoms with Crippen LogP contribution in [-0.4, -0.2) is 25.0 Å². The molecule has 0 saturated carbocycles. The molecule has 1 amide bonds. The fourth-order valence-electron chi connectivity index (χ4n) is 1.40. The van der Waals surface area contributed by atoms with E-state index in [0.717, 1.165) is 5.56 Å². The standard InChI is InChI=1S/C12H16N2O3/c1-8(12(16)17-2)14-11(15)7-9-5-3-4-6-10(9)13/h3-6,8H,7,13H2,1-2H3,(H,14,15). The van der Waals surface area contributed by atoms with Crippen molar-refractivity contribution in [2.24, 2.45) is 0 Å². The van der Waals surface area contributed by atoms with Crippen LogP contribution >= 0.6 is 0 Å². The van der Waals surface area contributed by atoms with Crippen LogP contribution in [-0.2, 0) is 20.7 Å². The van der Waals surface area contributed by atoms with Crippen LogP contribution in [0.1, 0.15) is 12.5 Å². The number of methoxy groups -OCH3 is 1. The lowest BCUT2D eigenvalue weighted by molar-refractivity contribution is -0.144. The van der Waals surface area contributed by atoms with Gasteiger partial charge in [0, 0.05) is 5.69 Å². The monoisotopic (exact) mass is 236 g/mol. The highest BCUT2D eigenvalue weighted by molar-refractivity contribution is 5.86. The lowest BCUT2D eigenvalue weighted by Gasteiger charge is -2.12. The Balaban J connectivity index is 2.56. The summed E-state index contributed by atoms with van der Waals surface area (Å²) in [5, 5.41) is 2.54. The van der Waals surface area contributed by atoms with Gasteiger partial charge in [-0.25, -0.2) is 4.79 Å². The van der Waals surface area contributed by atoms with E-state index in [2.05, 4.69) is 10.1 Å². The number of esters is 1. The number of amides is 1. The lowest BCUT2D eigenvalue weighted by Crippen LogP contribution is -2.39. The molecule has 0 spiro atoms. The third-order valence-corrected chi connectivity index (χ3v) is 2.34. The van der Waals surface area contributed by atoms with Crippen molar-refractivity contribution < 1.29 is 14.3 Å². The number of carbonyl (C=O) groups excluding carboxylic acids is 2. The highest BCUT2D eigenvalue weighted by Gasteiger charge is 2.16. The molecule has 0 aliphatic carbocycles.